The van der Waals surface area contributed by atoms with Gasteiger partial charge in [-0.3, -0.25) is 4.79 Å². The van der Waals surface area contributed by atoms with E-state index in [1.807, 2.05) is 13.8 Å². The third-order valence-corrected chi connectivity index (χ3v) is 4.20. The average Bonchev–Trinajstić information content (AvgIpc) is 2.43. The Bertz CT molecular complexity index is 260. The predicted molar refractivity (Wildman–Crippen MR) is 80.2 cm³/mol. The first-order valence-electron chi connectivity index (χ1n) is 7.78. The lowest BCUT2D eigenvalue weighted by Gasteiger charge is -2.34. The van der Waals surface area contributed by atoms with Crippen LogP contribution in [0.3, 0.4) is 0 Å². The first kappa shape index (κ1) is 16.4. The van der Waals surface area contributed by atoms with Gasteiger partial charge >= 0.3 is 0 Å². The number of amides is 1. The number of hydrogen-bond donors (Lipinski definition) is 2. The summed E-state index contributed by atoms with van der Waals surface area (Å²) < 4.78 is 0. The van der Waals surface area contributed by atoms with Gasteiger partial charge in [-0.15, -0.1) is 0 Å². The van der Waals surface area contributed by atoms with Gasteiger partial charge in [-0.2, -0.15) is 0 Å². The van der Waals surface area contributed by atoms with Crippen LogP contribution in [-0.2, 0) is 4.79 Å². The van der Waals surface area contributed by atoms with E-state index in [0.717, 1.165) is 19.0 Å². The van der Waals surface area contributed by atoms with Crippen molar-refractivity contribution in [3.8, 4) is 0 Å². The molecule has 0 saturated carbocycles. The van der Waals surface area contributed by atoms with Gasteiger partial charge in [0.1, 0.15) is 0 Å². The van der Waals surface area contributed by atoms with Gasteiger partial charge in [0.25, 0.3) is 0 Å². The molecule has 4 nitrogen and oxygen atoms in total. The van der Waals surface area contributed by atoms with Crippen molar-refractivity contribution in [3.63, 3.8) is 0 Å². The zero-order chi connectivity index (χ0) is 14.3. The van der Waals surface area contributed by atoms with E-state index in [4.69, 9.17) is 0 Å². The highest BCUT2D eigenvalue weighted by Crippen LogP contribution is 2.20. The third kappa shape index (κ3) is 5.91. The molecule has 1 heterocycles. The van der Waals surface area contributed by atoms with Gasteiger partial charge in [-0.1, -0.05) is 20.8 Å². The molecule has 0 aromatic carbocycles. The van der Waals surface area contributed by atoms with Gasteiger partial charge in [0.2, 0.25) is 5.91 Å². The first-order valence-corrected chi connectivity index (χ1v) is 7.78. The molecule has 19 heavy (non-hydrogen) atoms. The standard InChI is InChI=1S/C15H31N3O/c1-5-18-10-6-14(7-11-18)13(4)16-8-9-17-15(19)12(2)3/h12-14,16H,5-11H2,1-4H3,(H,17,19). The molecule has 0 spiro atoms. The topological polar surface area (TPSA) is 44.4 Å². The Kier molecular flexibility index (Phi) is 7.39. The summed E-state index contributed by atoms with van der Waals surface area (Å²) in [5, 5.41) is 6.49. The molecule has 1 amide bonds. The number of nitrogens with zero attached hydrogens (tertiary/aromatic N) is 1. The molecule has 1 aliphatic heterocycles. The van der Waals surface area contributed by atoms with Crippen molar-refractivity contribution in [2.45, 2.75) is 46.6 Å². The third-order valence-electron chi connectivity index (χ3n) is 4.20. The summed E-state index contributed by atoms with van der Waals surface area (Å²) in [5.41, 5.74) is 0. The molecular weight excluding hydrogens is 238 g/mol. The normalized spacial score (nSPS) is 19.6. The summed E-state index contributed by atoms with van der Waals surface area (Å²) in [6.45, 7) is 13.6. The molecule has 2 N–H and O–H groups in total. The number of carbonyl (C=O) groups excluding carboxylic acids is 1. The highest BCUT2D eigenvalue weighted by molar-refractivity contribution is 5.77. The van der Waals surface area contributed by atoms with Crippen molar-refractivity contribution in [3.05, 3.63) is 0 Å². The minimum atomic E-state index is 0.0794. The number of piperidine rings is 1. The second-order valence-corrected chi connectivity index (χ2v) is 5.96. The molecular formula is C15H31N3O. The van der Waals surface area contributed by atoms with E-state index in [9.17, 15) is 4.79 Å². The molecule has 0 radical (unpaired) electrons. The lowest BCUT2D eigenvalue weighted by molar-refractivity contribution is -0.123. The van der Waals surface area contributed by atoms with Crippen LogP contribution in [-0.4, -0.2) is 49.6 Å². The lowest BCUT2D eigenvalue weighted by Crippen LogP contribution is -2.44. The van der Waals surface area contributed by atoms with Crippen LogP contribution in [0.25, 0.3) is 0 Å². The van der Waals surface area contributed by atoms with E-state index >= 15 is 0 Å². The van der Waals surface area contributed by atoms with Crippen molar-refractivity contribution >= 4 is 5.91 Å². The monoisotopic (exact) mass is 269 g/mol. The van der Waals surface area contributed by atoms with E-state index in [0.29, 0.717) is 6.04 Å². The number of carbonyl (C=O) groups is 1. The lowest BCUT2D eigenvalue weighted by atomic mass is 9.90. The fourth-order valence-corrected chi connectivity index (χ4v) is 2.63. The van der Waals surface area contributed by atoms with E-state index in [-0.39, 0.29) is 11.8 Å². The maximum absolute atomic E-state index is 11.4. The van der Waals surface area contributed by atoms with Crippen molar-refractivity contribution in [1.29, 1.82) is 0 Å². The van der Waals surface area contributed by atoms with Gasteiger partial charge in [0.15, 0.2) is 0 Å². The summed E-state index contributed by atoms with van der Waals surface area (Å²) in [5.74, 6) is 1.00. The Morgan fingerprint density at radius 3 is 2.37 bits per heavy atom. The minimum absolute atomic E-state index is 0.0794. The van der Waals surface area contributed by atoms with Gasteiger partial charge in [0, 0.05) is 25.0 Å². The Morgan fingerprint density at radius 1 is 1.21 bits per heavy atom. The quantitative estimate of drug-likeness (QED) is 0.688. The van der Waals surface area contributed by atoms with Crippen molar-refractivity contribution in [2.75, 3.05) is 32.7 Å². The summed E-state index contributed by atoms with van der Waals surface area (Å²) in [7, 11) is 0. The Morgan fingerprint density at radius 2 is 1.84 bits per heavy atom. The molecule has 1 saturated heterocycles. The fraction of sp³-hybridized carbons (Fsp3) is 0.933. The highest BCUT2D eigenvalue weighted by atomic mass is 16.1. The molecule has 1 unspecified atom stereocenters. The summed E-state index contributed by atoms with van der Waals surface area (Å²) >= 11 is 0. The molecule has 0 aliphatic carbocycles. The minimum Gasteiger partial charge on any atom is -0.355 e. The second-order valence-electron chi connectivity index (χ2n) is 5.96. The Labute approximate surface area is 118 Å². The molecule has 0 bridgehead atoms. The van der Waals surface area contributed by atoms with Crippen LogP contribution in [0, 0.1) is 11.8 Å². The second kappa shape index (κ2) is 8.54. The van der Waals surface area contributed by atoms with Crippen LogP contribution in [0.2, 0.25) is 0 Å². The molecule has 1 rings (SSSR count). The zero-order valence-electron chi connectivity index (χ0n) is 13.0. The van der Waals surface area contributed by atoms with Gasteiger partial charge in [0.05, 0.1) is 0 Å². The molecule has 0 aromatic heterocycles. The largest absolute Gasteiger partial charge is 0.355 e. The fourth-order valence-electron chi connectivity index (χ4n) is 2.63. The molecule has 1 aliphatic rings. The van der Waals surface area contributed by atoms with Gasteiger partial charge < -0.3 is 15.5 Å². The van der Waals surface area contributed by atoms with Crippen LogP contribution in [0.5, 0.6) is 0 Å². The molecule has 1 fully saturated rings. The van der Waals surface area contributed by atoms with E-state index in [1.165, 1.54) is 32.5 Å². The van der Waals surface area contributed by atoms with Crippen molar-refractivity contribution in [2.24, 2.45) is 11.8 Å². The summed E-state index contributed by atoms with van der Waals surface area (Å²) in [6, 6.07) is 0.551. The van der Waals surface area contributed by atoms with E-state index in [2.05, 4.69) is 29.4 Å². The maximum Gasteiger partial charge on any atom is 0.222 e. The van der Waals surface area contributed by atoms with Crippen LogP contribution >= 0.6 is 0 Å². The van der Waals surface area contributed by atoms with E-state index in [1.54, 1.807) is 0 Å². The van der Waals surface area contributed by atoms with Crippen LogP contribution < -0.4 is 10.6 Å². The highest BCUT2D eigenvalue weighted by Gasteiger charge is 2.22. The smallest absolute Gasteiger partial charge is 0.222 e. The summed E-state index contributed by atoms with van der Waals surface area (Å²) in [6.07, 6.45) is 2.58. The number of hydrogen-bond acceptors (Lipinski definition) is 3. The van der Waals surface area contributed by atoms with Crippen molar-refractivity contribution < 1.29 is 4.79 Å². The number of nitrogens with one attached hydrogen (secondary N) is 2. The maximum atomic E-state index is 11.4. The molecule has 4 heteroatoms. The number of likely N-dealkylation sites (tertiary alicyclic amines) is 1. The molecule has 0 aromatic rings. The van der Waals surface area contributed by atoms with E-state index < -0.39 is 0 Å². The van der Waals surface area contributed by atoms with Crippen LogP contribution in [0.1, 0.15) is 40.5 Å². The van der Waals surface area contributed by atoms with Crippen molar-refractivity contribution in [1.82, 2.24) is 15.5 Å². The van der Waals surface area contributed by atoms with Gasteiger partial charge in [-0.05, 0) is 45.3 Å². The van der Waals surface area contributed by atoms with Gasteiger partial charge in [-0.25, -0.2) is 0 Å². The summed E-state index contributed by atoms with van der Waals surface area (Å²) in [4.78, 5) is 13.9. The SMILES string of the molecule is CCN1CCC(C(C)NCCNC(=O)C(C)C)CC1. The first-order chi connectivity index (χ1) is 9.04. The molecule has 1 atom stereocenters. The average molecular weight is 269 g/mol. The molecule has 112 valence electrons. The Hall–Kier alpha value is -0.610. The van der Waals surface area contributed by atoms with Crippen LogP contribution in [0.15, 0.2) is 0 Å². The zero-order valence-corrected chi connectivity index (χ0v) is 13.0. The predicted octanol–water partition coefficient (Wildman–Crippen LogP) is 1.47. The van der Waals surface area contributed by atoms with Crippen LogP contribution in [0.4, 0.5) is 0 Å². The number of rotatable bonds is 7. The Balaban J connectivity index is 2.11.